The van der Waals surface area contributed by atoms with Crippen molar-refractivity contribution in [3.8, 4) is 11.5 Å². The highest BCUT2D eigenvalue weighted by atomic mass is 16.5. The maximum Gasteiger partial charge on any atom is 0.130 e. The van der Waals surface area contributed by atoms with Crippen LogP contribution in [-0.4, -0.2) is 16.7 Å². The SMILES string of the molecule is COc1cccc(OCc2cnc(C)n2C)c1. The summed E-state index contributed by atoms with van der Waals surface area (Å²) in [5, 5.41) is 0. The van der Waals surface area contributed by atoms with Gasteiger partial charge in [-0.05, 0) is 19.1 Å². The highest BCUT2D eigenvalue weighted by Gasteiger charge is 2.03. The van der Waals surface area contributed by atoms with Gasteiger partial charge in [0.15, 0.2) is 0 Å². The molecule has 0 aliphatic rings. The van der Waals surface area contributed by atoms with Gasteiger partial charge in [0.1, 0.15) is 23.9 Å². The number of aryl methyl sites for hydroxylation is 1. The third kappa shape index (κ3) is 2.58. The van der Waals surface area contributed by atoms with Crippen molar-refractivity contribution in [1.82, 2.24) is 9.55 Å². The van der Waals surface area contributed by atoms with Crippen molar-refractivity contribution in [2.24, 2.45) is 7.05 Å². The number of imidazole rings is 1. The minimum absolute atomic E-state index is 0.504. The summed E-state index contributed by atoms with van der Waals surface area (Å²) in [6, 6.07) is 7.57. The van der Waals surface area contributed by atoms with Gasteiger partial charge in [0.25, 0.3) is 0 Å². The molecule has 0 saturated carbocycles. The van der Waals surface area contributed by atoms with Crippen molar-refractivity contribution >= 4 is 0 Å². The topological polar surface area (TPSA) is 36.3 Å². The predicted molar refractivity (Wildman–Crippen MR) is 65.3 cm³/mol. The van der Waals surface area contributed by atoms with Crippen molar-refractivity contribution in [2.75, 3.05) is 7.11 Å². The number of benzene rings is 1. The van der Waals surface area contributed by atoms with E-state index in [2.05, 4.69) is 4.98 Å². The van der Waals surface area contributed by atoms with Gasteiger partial charge >= 0.3 is 0 Å². The van der Waals surface area contributed by atoms with Crippen LogP contribution in [0.15, 0.2) is 30.5 Å². The molecular formula is C13H16N2O2. The Balaban J connectivity index is 2.04. The lowest BCUT2D eigenvalue weighted by atomic mass is 10.3. The molecule has 0 unspecified atom stereocenters. The average molecular weight is 232 g/mol. The Kier molecular flexibility index (Phi) is 3.32. The zero-order valence-electron chi connectivity index (χ0n) is 10.3. The third-order valence-corrected chi connectivity index (χ3v) is 2.74. The van der Waals surface area contributed by atoms with E-state index in [1.807, 2.05) is 49.0 Å². The fourth-order valence-electron chi connectivity index (χ4n) is 1.53. The first-order chi connectivity index (χ1) is 8.20. The standard InChI is InChI=1S/C13H16N2O2/c1-10-14-8-11(15(10)2)9-17-13-6-4-5-12(7-13)16-3/h4-8H,9H2,1-3H3. The number of ether oxygens (including phenoxy) is 2. The second-order valence-electron chi connectivity index (χ2n) is 3.82. The van der Waals surface area contributed by atoms with E-state index in [1.54, 1.807) is 7.11 Å². The molecule has 4 heteroatoms. The van der Waals surface area contributed by atoms with Gasteiger partial charge in [-0.15, -0.1) is 0 Å². The normalized spacial score (nSPS) is 10.3. The molecular weight excluding hydrogens is 216 g/mol. The first kappa shape index (κ1) is 11.5. The van der Waals surface area contributed by atoms with Crippen LogP contribution in [0, 0.1) is 6.92 Å². The number of rotatable bonds is 4. The quantitative estimate of drug-likeness (QED) is 0.811. The van der Waals surface area contributed by atoms with Crippen molar-refractivity contribution in [1.29, 1.82) is 0 Å². The van der Waals surface area contributed by atoms with Crippen LogP contribution in [0.4, 0.5) is 0 Å². The van der Waals surface area contributed by atoms with Gasteiger partial charge in [0, 0.05) is 13.1 Å². The molecule has 90 valence electrons. The van der Waals surface area contributed by atoms with Gasteiger partial charge in [-0.25, -0.2) is 4.98 Å². The molecule has 0 aliphatic heterocycles. The van der Waals surface area contributed by atoms with Gasteiger partial charge in [-0.2, -0.15) is 0 Å². The van der Waals surface area contributed by atoms with Crippen molar-refractivity contribution in [3.63, 3.8) is 0 Å². The van der Waals surface area contributed by atoms with Gasteiger partial charge in [-0.3, -0.25) is 0 Å². The molecule has 0 bridgehead atoms. The summed E-state index contributed by atoms with van der Waals surface area (Å²) < 4.78 is 12.8. The molecule has 0 aliphatic carbocycles. The van der Waals surface area contributed by atoms with Crippen molar-refractivity contribution < 1.29 is 9.47 Å². The number of aromatic nitrogens is 2. The molecule has 1 aromatic carbocycles. The van der Waals surface area contributed by atoms with Crippen LogP contribution in [0.5, 0.6) is 11.5 Å². The second-order valence-corrected chi connectivity index (χ2v) is 3.82. The van der Waals surface area contributed by atoms with Gasteiger partial charge in [0.05, 0.1) is 19.0 Å². The Morgan fingerprint density at radius 2 is 2.06 bits per heavy atom. The molecule has 2 aromatic rings. The summed E-state index contributed by atoms with van der Waals surface area (Å²) in [4.78, 5) is 4.22. The smallest absolute Gasteiger partial charge is 0.130 e. The first-order valence-corrected chi connectivity index (χ1v) is 5.45. The molecule has 0 saturated heterocycles. The minimum Gasteiger partial charge on any atom is -0.497 e. The van der Waals surface area contributed by atoms with E-state index >= 15 is 0 Å². The Morgan fingerprint density at radius 1 is 1.29 bits per heavy atom. The van der Waals surface area contributed by atoms with Gasteiger partial charge in [0.2, 0.25) is 0 Å². The minimum atomic E-state index is 0.504. The fraction of sp³-hybridized carbons (Fsp3) is 0.308. The maximum absolute atomic E-state index is 5.69. The molecule has 1 heterocycles. The Hall–Kier alpha value is -1.97. The van der Waals surface area contributed by atoms with Crippen LogP contribution < -0.4 is 9.47 Å². The molecule has 0 amide bonds. The van der Waals surface area contributed by atoms with E-state index in [1.165, 1.54) is 0 Å². The molecule has 0 radical (unpaired) electrons. The molecule has 0 spiro atoms. The molecule has 1 aromatic heterocycles. The van der Waals surface area contributed by atoms with E-state index < -0.39 is 0 Å². The van der Waals surface area contributed by atoms with Crippen LogP contribution in [0.25, 0.3) is 0 Å². The highest BCUT2D eigenvalue weighted by molar-refractivity contribution is 5.32. The number of methoxy groups -OCH3 is 1. The summed E-state index contributed by atoms with van der Waals surface area (Å²) in [5.41, 5.74) is 1.05. The number of hydrogen-bond acceptors (Lipinski definition) is 3. The Morgan fingerprint density at radius 3 is 2.71 bits per heavy atom. The van der Waals surface area contributed by atoms with E-state index in [0.29, 0.717) is 6.61 Å². The molecule has 0 fully saturated rings. The fourth-order valence-corrected chi connectivity index (χ4v) is 1.53. The molecule has 4 nitrogen and oxygen atoms in total. The molecule has 2 rings (SSSR count). The van der Waals surface area contributed by atoms with Crippen LogP contribution in [-0.2, 0) is 13.7 Å². The third-order valence-electron chi connectivity index (χ3n) is 2.74. The molecule has 0 N–H and O–H groups in total. The van der Waals surface area contributed by atoms with Gasteiger partial charge < -0.3 is 14.0 Å². The maximum atomic E-state index is 5.69. The van der Waals surface area contributed by atoms with E-state index in [-0.39, 0.29) is 0 Å². The summed E-state index contributed by atoms with van der Waals surface area (Å²) in [7, 11) is 3.62. The van der Waals surface area contributed by atoms with Crippen LogP contribution in [0.2, 0.25) is 0 Å². The van der Waals surface area contributed by atoms with Crippen LogP contribution >= 0.6 is 0 Å². The summed E-state index contributed by atoms with van der Waals surface area (Å²) in [6.07, 6.45) is 1.83. The van der Waals surface area contributed by atoms with Crippen molar-refractivity contribution in [3.05, 3.63) is 42.0 Å². The molecule has 17 heavy (non-hydrogen) atoms. The lowest BCUT2D eigenvalue weighted by Crippen LogP contribution is -2.03. The van der Waals surface area contributed by atoms with E-state index in [9.17, 15) is 0 Å². The van der Waals surface area contributed by atoms with Gasteiger partial charge in [-0.1, -0.05) is 6.07 Å². The van der Waals surface area contributed by atoms with Crippen molar-refractivity contribution in [2.45, 2.75) is 13.5 Å². The van der Waals surface area contributed by atoms with Crippen LogP contribution in [0.3, 0.4) is 0 Å². The monoisotopic (exact) mass is 232 g/mol. The second kappa shape index (κ2) is 4.91. The number of nitrogens with zero attached hydrogens (tertiary/aromatic N) is 2. The lowest BCUT2D eigenvalue weighted by molar-refractivity contribution is 0.294. The Labute approximate surface area is 101 Å². The summed E-state index contributed by atoms with van der Waals surface area (Å²) >= 11 is 0. The molecule has 0 atom stereocenters. The highest BCUT2D eigenvalue weighted by Crippen LogP contribution is 2.19. The summed E-state index contributed by atoms with van der Waals surface area (Å²) in [5.74, 6) is 2.57. The zero-order valence-corrected chi connectivity index (χ0v) is 10.3. The summed E-state index contributed by atoms with van der Waals surface area (Å²) in [6.45, 7) is 2.47. The van der Waals surface area contributed by atoms with Crippen LogP contribution in [0.1, 0.15) is 11.5 Å². The Bertz CT molecular complexity index is 506. The largest absolute Gasteiger partial charge is 0.497 e. The van der Waals surface area contributed by atoms with E-state index in [0.717, 1.165) is 23.0 Å². The van der Waals surface area contributed by atoms with E-state index in [4.69, 9.17) is 9.47 Å². The zero-order chi connectivity index (χ0) is 12.3. The number of hydrogen-bond donors (Lipinski definition) is 0. The first-order valence-electron chi connectivity index (χ1n) is 5.45. The predicted octanol–water partition coefficient (Wildman–Crippen LogP) is 2.32. The lowest BCUT2D eigenvalue weighted by Gasteiger charge is -2.08. The average Bonchev–Trinajstić information content (AvgIpc) is 2.68.